The standard InChI is InChI=1S/C15H11N3OS/c16-15-13(12-6-3-7-20-12)14(17-18-15)10-8-19-11-5-2-1-4-9(10)11/h1-8H,(H3,16,17,18). The number of nitrogens with one attached hydrogen (secondary N) is 1. The fraction of sp³-hybridized carbons (Fsp3) is 0. The number of fused-ring (bicyclic) bond motifs is 1. The van der Waals surface area contributed by atoms with E-state index in [4.69, 9.17) is 10.2 Å². The van der Waals surface area contributed by atoms with Crippen LogP contribution in [-0.2, 0) is 0 Å². The van der Waals surface area contributed by atoms with Gasteiger partial charge in [-0.05, 0) is 17.5 Å². The fourth-order valence-corrected chi connectivity index (χ4v) is 3.18. The van der Waals surface area contributed by atoms with Gasteiger partial charge in [-0.3, -0.25) is 5.10 Å². The summed E-state index contributed by atoms with van der Waals surface area (Å²) < 4.78 is 5.60. The van der Waals surface area contributed by atoms with Crippen molar-refractivity contribution < 1.29 is 4.42 Å². The molecular weight excluding hydrogens is 270 g/mol. The second kappa shape index (κ2) is 4.25. The van der Waals surface area contributed by atoms with E-state index in [0.717, 1.165) is 32.7 Å². The summed E-state index contributed by atoms with van der Waals surface area (Å²) in [6.07, 6.45) is 1.74. The summed E-state index contributed by atoms with van der Waals surface area (Å²) in [7, 11) is 0. The molecule has 0 bridgehead atoms. The lowest BCUT2D eigenvalue weighted by atomic mass is 10.1. The van der Waals surface area contributed by atoms with Crippen molar-refractivity contribution in [1.82, 2.24) is 10.2 Å². The monoisotopic (exact) mass is 281 g/mol. The lowest BCUT2D eigenvalue weighted by Crippen LogP contribution is -1.86. The number of aromatic amines is 1. The summed E-state index contributed by atoms with van der Waals surface area (Å²) in [6.45, 7) is 0. The first kappa shape index (κ1) is 11.3. The molecule has 0 saturated carbocycles. The van der Waals surface area contributed by atoms with E-state index in [-0.39, 0.29) is 0 Å². The lowest BCUT2D eigenvalue weighted by Gasteiger charge is -2.00. The number of nitrogens with two attached hydrogens (primary N) is 1. The topological polar surface area (TPSA) is 67.8 Å². The number of benzene rings is 1. The van der Waals surface area contributed by atoms with Crippen molar-refractivity contribution in [2.75, 3.05) is 5.73 Å². The van der Waals surface area contributed by atoms with Crippen molar-refractivity contribution in [1.29, 1.82) is 0 Å². The summed E-state index contributed by atoms with van der Waals surface area (Å²) in [5, 5.41) is 10.3. The van der Waals surface area contributed by atoms with E-state index >= 15 is 0 Å². The number of aromatic nitrogens is 2. The van der Waals surface area contributed by atoms with Crippen LogP contribution in [0.25, 0.3) is 32.7 Å². The minimum atomic E-state index is 0.507. The Kier molecular flexibility index (Phi) is 2.40. The summed E-state index contributed by atoms with van der Waals surface area (Å²) in [4.78, 5) is 1.09. The van der Waals surface area contributed by atoms with Crippen LogP contribution in [0.1, 0.15) is 0 Å². The van der Waals surface area contributed by atoms with E-state index in [1.165, 1.54) is 0 Å². The number of anilines is 1. The maximum absolute atomic E-state index is 6.02. The normalized spacial score (nSPS) is 11.2. The molecule has 3 heterocycles. The predicted octanol–water partition coefficient (Wildman–Crippen LogP) is 4.13. The highest BCUT2D eigenvalue weighted by atomic mass is 32.1. The molecule has 0 amide bonds. The summed E-state index contributed by atoms with van der Waals surface area (Å²) >= 11 is 1.64. The molecule has 0 saturated heterocycles. The number of hydrogen-bond donors (Lipinski definition) is 2. The summed E-state index contributed by atoms with van der Waals surface area (Å²) in [5.41, 5.74) is 9.69. The SMILES string of the molecule is Nc1n[nH]c(-c2coc3ccccc23)c1-c1cccs1. The molecule has 3 aromatic heterocycles. The van der Waals surface area contributed by atoms with Gasteiger partial charge in [0.2, 0.25) is 0 Å². The molecular formula is C15H11N3OS. The van der Waals surface area contributed by atoms with Crippen LogP contribution < -0.4 is 5.73 Å². The predicted molar refractivity (Wildman–Crippen MR) is 81.5 cm³/mol. The van der Waals surface area contributed by atoms with Gasteiger partial charge in [-0.1, -0.05) is 24.3 Å². The van der Waals surface area contributed by atoms with Gasteiger partial charge in [0.25, 0.3) is 0 Å². The number of rotatable bonds is 2. The average Bonchev–Trinajstić information content (AvgIpc) is 3.16. The van der Waals surface area contributed by atoms with Gasteiger partial charge in [0.1, 0.15) is 11.8 Å². The minimum Gasteiger partial charge on any atom is -0.464 e. The van der Waals surface area contributed by atoms with Gasteiger partial charge >= 0.3 is 0 Å². The molecule has 0 aliphatic rings. The minimum absolute atomic E-state index is 0.507. The number of furan rings is 1. The molecule has 98 valence electrons. The van der Waals surface area contributed by atoms with Crippen molar-refractivity contribution >= 4 is 28.1 Å². The van der Waals surface area contributed by atoms with E-state index in [2.05, 4.69) is 10.2 Å². The first-order chi connectivity index (χ1) is 9.84. The average molecular weight is 281 g/mol. The van der Waals surface area contributed by atoms with Crippen molar-refractivity contribution in [3.05, 3.63) is 48.0 Å². The highest BCUT2D eigenvalue weighted by Crippen LogP contribution is 2.40. The number of nitrogens with zero attached hydrogens (tertiary/aromatic N) is 1. The lowest BCUT2D eigenvalue weighted by molar-refractivity contribution is 0.617. The Morgan fingerprint density at radius 3 is 2.90 bits per heavy atom. The fourth-order valence-electron chi connectivity index (χ4n) is 2.39. The maximum Gasteiger partial charge on any atom is 0.154 e. The third kappa shape index (κ3) is 1.57. The molecule has 20 heavy (non-hydrogen) atoms. The third-order valence-corrected chi connectivity index (χ3v) is 4.20. The second-order valence-corrected chi connectivity index (χ2v) is 5.43. The summed E-state index contributed by atoms with van der Waals surface area (Å²) in [5.74, 6) is 0.507. The van der Waals surface area contributed by atoms with Gasteiger partial charge in [0.15, 0.2) is 5.82 Å². The zero-order valence-corrected chi connectivity index (χ0v) is 11.3. The van der Waals surface area contributed by atoms with E-state index in [0.29, 0.717) is 5.82 Å². The van der Waals surface area contributed by atoms with Crippen LogP contribution in [-0.4, -0.2) is 10.2 Å². The first-order valence-electron chi connectivity index (χ1n) is 6.19. The number of thiophene rings is 1. The molecule has 4 rings (SSSR count). The van der Waals surface area contributed by atoms with Crippen molar-refractivity contribution in [3.63, 3.8) is 0 Å². The second-order valence-electron chi connectivity index (χ2n) is 4.48. The first-order valence-corrected chi connectivity index (χ1v) is 7.07. The van der Waals surface area contributed by atoms with Gasteiger partial charge in [0.05, 0.1) is 11.3 Å². The van der Waals surface area contributed by atoms with Gasteiger partial charge in [-0.15, -0.1) is 11.3 Å². The smallest absolute Gasteiger partial charge is 0.154 e. The number of hydrogen-bond acceptors (Lipinski definition) is 4. The van der Waals surface area contributed by atoms with Crippen molar-refractivity contribution in [3.8, 4) is 21.7 Å². The molecule has 0 aliphatic heterocycles. The summed E-state index contributed by atoms with van der Waals surface area (Å²) in [6, 6.07) is 12.0. The molecule has 0 spiro atoms. The molecule has 5 heteroatoms. The molecule has 4 nitrogen and oxygen atoms in total. The molecule has 0 radical (unpaired) electrons. The molecule has 0 unspecified atom stereocenters. The molecule has 3 N–H and O–H groups in total. The van der Waals surface area contributed by atoms with Crippen molar-refractivity contribution in [2.24, 2.45) is 0 Å². The molecule has 1 aromatic carbocycles. The van der Waals surface area contributed by atoms with Gasteiger partial charge in [-0.2, -0.15) is 5.10 Å². The van der Waals surface area contributed by atoms with Crippen LogP contribution in [0.2, 0.25) is 0 Å². The Hall–Kier alpha value is -2.53. The Morgan fingerprint density at radius 2 is 2.05 bits per heavy atom. The molecule has 0 aliphatic carbocycles. The Morgan fingerprint density at radius 1 is 1.15 bits per heavy atom. The highest BCUT2D eigenvalue weighted by molar-refractivity contribution is 7.13. The maximum atomic E-state index is 6.02. The number of para-hydroxylation sites is 1. The van der Waals surface area contributed by atoms with E-state index in [1.54, 1.807) is 17.6 Å². The quantitative estimate of drug-likeness (QED) is 0.580. The largest absolute Gasteiger partial charge is 0.464 e. The molecule has 0 fully saturated rings. The Labute approximate surface area is 118 Å². The van der Waals surface area contributed by atoms with Crippen LogP contribution in [0.3, 0.4) is 0 Å². The number of H-pyrrole nitrogens is 1. The third-order valence-electron chi connectivity index (χ3n) is 3.31. The zero-order chi connectivity index (χ0) is 13.5. The number of nitrogen functional groups attached to an aromatic ring is 1. The van der Waals surface area contributed by atoms with Crippen LogP contribution in [0.4, 0.5) is 5.82 Å². The highest BCUT2D eigenvalue weighted by Gasteiger charge is 2.18. The van der Waals surface area contributed by atoms with Crippen LogP contribution in [0.5, 0.6) is 0 Å². The Bertz CT molecular complexity index is 874. The van der Waals surface area contributed by atoms with Crippen LogP contribution in [0.15, 0.2) is 52.5 Å². The van der Waals surface area contributed by atoms with Gasteiger partial charge in [-0.25, -0.2) is 0 Å². The Balaban J connectivity index is 2.00. The molecule has 4 aromatic rings. The van der Waals surface area contributed by atoms with Crippen LogP contribution in [0, 0.1) is 0 Å². The van der Waals surface area contributed by atoms with E-state index in [1.807, 2.05) is 41.8 Å². The van der Waals surface area contributed by atoms with Crippen molar-refractivity contribution in [2.45, 2.75) is 0 Å². The molecule has 0 atom stereocenters. The van der Waals surface area contributed by atoms with Crippen LogP contribution >= 0.6 is 11.3 Å². The van der Waals surface area contributed by atoms with E-state index in [9.17, 15) is 0 Å². The zero-order valence-electron chi connectivity index (χ0n) is 10.5. The van der Waals surface area contributed by atoms with Gasteiger partial charge in [0, 0.05) is 15.8 Å². The van der Waals surface area contributed by atoms with E-state index < -0.39 is 0 Å². The van der Waals surface area contributed by atoms with Gasteiger partial charge < -0.3 is 10.2 Å².